The van der Waals surface area contributed by atoms with Crippen molar-refractivity contribution in [3.8, 4) is 0 Å². The van der Waals surface area contributed by atoms with Crippen molar-refractivity contribution >= 4 is 11.8 Å². The minimum atomic E-state index is -0.0436. The van der Waals surface area contributed by atoms with Gasteiger partial charge in [-0.05, 0) is 54.1 Å². The predicted octanol–water partition coefficient (Wildman–Crippen LogP) is 2.35. The van der Waals surface area contributed by atoms with Crippen LogP contribution < -0.4 is 5.73 Å². The average Bonchev–Trinajstić information content (AvgIpc) is 3.09. The third-order valence-corrected chi connectivity index (χ3v) is 4.50. The van der Waals surface area contributed by atoms with Crippen molar-refractivity contribution in [2.75, 3.05) is 0 Å². The molecule has 2 N–H and O–H groups in total. The Hall–Kier alpha value is -1.47. The van der Waals surface area contributed by atoms with Gasteiger partial charge in [-0.25, -0.2) is 4.68 Å². The molecule has 3 rings (SSSR count). The van der Waals surface area contributed by atoms with E-state index in [9.17, 15) is 0 Å². The summed E-state index contributed by atoms with van der Waals surface area (Å²) in [7, 11) is 0. The average molecular weight is 290 g/mol. The molecule has 0 radical (unpaired) electrons. The highest BCUT2D eigenvalue weighted by Gasteiger charge is 2.21. The van der Waals surface area contributed by atoms with Crippen LogP contribution in [0.25, 0.3) is 0 Å². The first-order valence-electron chi connectivity index (χ1n) is 6.91. The summed E-state index contributed by atoms with van der Waals surface area (Å²) >= 11 is 1.55. The van der Waals surface area contributed by atoms with E-state index in [2.05, 4.69) is 20.5 Å². The smallest absolute Gasteiger partial charge is 0.214 e. The Morgan fingerprint density at radius 3 is 2.80 bits per heavy atom. The number of rotatable bonds is 4. The molecule has 0 aliphatic heterocycles. The summed E-state index contributed by atoms with van der Waals surface area (Å²) in [6.07, 6.45) is 6.69. The first kappa shape index (κ1) is 13.5. The molecule has 106 valence electrons. The van der Waals surface area contributed by atoms with Crippen LogP contribution in [-0.2, 0) is 0 Å². The van der Waals surface area contributed by atoms with Gasteiger partial charge in [-0.3, -0.25) is 4.98 Å². The van der Waals surface area contributed by atoms with Crippen LogP contribution in [0.4, 0.5) is 0 Å². The van der Waals surface area contributed by atoms with E-state index in [0.717, 1.165) is 15.7 Å². The second-order valence-corrected chi connectivity index (χ2v) is 6.19. The molecule has 0 aromatic carbocycles. The second-order valence-electron chi connectivity index (χ2n) is 5.15. The minimum Gasteiger partial charge on any atom is -0.323 e. The van der Waals surface area contributed by atoms with Crippen LogP contribution in [0.2, 0.25) is 0 Å². The SMILES string of the molecule is C[C@@H](N)c1ccc(Sc2nnnn2C2CCCC2)cn1. The van der Waals surface area contributed by atoms with Gasteiger partial charge >= 0.3 is 0 Å². The Morgan fingerprint density at radius 2 is 2.15 bits per heavy atom. The number of tetrazole rings is 1. The van der Waals surface area contributed by atoms with Crippen LogP contribution >= 0.6 is 11.8 Å². The predicted molar refractivity (Wildman–Crippen MR) is 76.3 cm³/mol. The summed E-state index contributed by atoms with van der Waals surface area (Å²) in [5, 5.41) is 12.9. The minimum absolute atomic E-state index is 0.0436. The molecule has 2 aromatic heterocycles. The highest BCUT2D eigenvalue weighted by Crippen LogP contribution is 2.33. The van der Waals surface area contributed by atoms with Crippen molar-refractivity contribution in [3.05, 3.63) is 24.0 Å². The van der Waals surface area contributed by atoms with Crippen molar-refractivity contribution in [2.24, 2.45) is 5.73 Å². The standard InChI is InChI=1S/C13H18N6S/c1-9(14)12-7-6-11(8-15-12)20-13-16-17-18-19(13)10-4-2-3-5-10/h6-10H,2-5,14H2,1H3/t9-/m1/s1. The Kier molecular flexibility index (Phi) is 3.98. The van der Waals surface area contributed by atoms with Gasteiger partial charge in [0.25, 0.3) is 0 Å². The van der Waals surface area contributed by atoms with Gasteiger partial charge < -0.3 is 5.73 Å². The lowest BCUT2D eigenvalue weighted by Gasteiger charge is -2.11. The molecule has 0 amide bonds. The van der Waals surface area contributed by atoms with Crippen molar-refractivity contribution in [2.45, 2.75) is 54.7 Å². The van der Waals surface area contributed by atoms with E-state index in [1.54, 1.807) is 11.8 Å². The van der Waals surface area contributed by atoms with E-state index in [4.69, 9.17) is 5.73 Å². The summed E-state index contributed by atoms with van der Waals surface area (Å²) in [5.41, 5.74) is 6.69. The van der Waals surface area contributed by atoms with E-state index >= 15 is 0 Å². The molecule has 1 aliphatic rings. The van der Waals surface area contributed by atoms with E-state index in [1.807, 2.05) is 29.9 Å². The quantitative estimate of drug-likeness (QED) is 0.930. The van der Waals surface area contributed by atoms with Gasteiger partial charge in [0.05, 0.1) is 11.7 Å². The van der Waals surface area contributed by atoms with Crippen molar-refractivity contribution in [1.82, 2.24) is 25.2 Å². The topological polar surface area (TPSA) is 82.5 Å². The van der Waals surface area contributed by atoms with Crippen LogP contribution in [0.3, 0.4) is 0 Å². The number of aromatic nitrogens is 5. The molecular formula is C13H18N6S. The summed E-state index contributed by atoms with van der Waals surface area (Å²) in [4.78, 5) is 5.39. The zero-order valence-corrected chi connectivity index (χ0v) is 12.3. The lowest BCUT2D eigenvalue weighted by atomic mass is 10.2. The monoisotopic (exact) mass is 290 g/mol. The highest BCUT2D eigenvalue weighted by molar-refractivity contribution is 7.99. The third-order valence-electron chi connectivity index (χ3n) is 3.57. The third kappa shape index (κ3) is 2.83. The Bertz CT molecular complexity index is 558. The molecule has 1 fully saturated rings. The molecule has 0 unspecified atom stereocenters. The Morgan fingerprint density at radius 1 is 1.35 bits per heavy atom. The number of nitrogens with zero attached hydrogens (tertiary/aromatic N) is 5. The number of hydrogen-bond donors (Lipinski definition) is 1. The summed E-state index contributed by atoms with van der Waals surface area (Å²) in [6.45, 7) is 1.93. The first-order valence-corrected chi connectivity index (χ1v) is 7.73. The highest BCUT2D eigenvalue weighted by atomic mass is 32.2. The van der Waals surface area contributed by atoms with Gasteiger partial charge in [-0.2, -0.15) is 0 Å². The number of pyridine rings is 1. The summed E-state index contributed by atoms with van der Waals surface area (Å²) in [6, 6.07) is 4.38. The molecule has 2 aromatic rings. The zero-order valence-electron chi connectivity index (χ0n) is 11.4. The zero-order chi connectivity index (χ0) is 13.9. The van der Waals surface area contributed by atoms with Gasteiger partial charge in [0.15, 0.2) is 0 Å². The van der Waals surface area contributed by atoms with Crippen molar-refractivity contribution in [1.29, 1.82) is 0 Å². The van der Waals surface area contributed by atoms with Gasteiger partial charge in [0, 0.05) is 17.1 Å². The van der Waals surface area contributed by atoms with Gasteiger partial charge in [0.1, 0.15) is 0 Å². The largest absolute Gasteiger partial charge is 0.323 e. The summed E-state index contributed by atoms with van der Waals surface area (Å²) < 4.78 is 1.96. The van der Waals surface area contributed by atoms with E-state index < -0.39 is 0 Å². The fourth-order valence-corrected chi connectivity index (χ4v) is 3.27. The van der Waals surface area contributed by atoms with Crippen LogP contribution in [0.1, 0.15) is 50.4 Å². The van der Waals surface area contributed by atoms with Gasteiger partial charge in [0.2, 0.25) is 5.16 Å². The molecule has 0 bridgehead atoms. The van der Waals surface area contributed by atoms with E-state index in [0.29, 0.717) is 6.04 Å². The first-order chi connectivity index (χ1) is 9.74. The number of hydrogen-bond acceptors (Lipinski definition) is 6. The van der Waals surface area contributed by atoms with Crippen LogP contribution in [-0.4, -0.2) is 25.2 Å². The molecule has 1 saturated carbocycles. The van der Waals surface area contributed by atoms with E-state index in [-0.39, 0.29) is 6.04 Å². The normalized spacial score (nSPS) is 17.5. The molecule has 6 nitrogen and oxygen atoms in total. The molecule has 7 heteroatoms. The van der Waals surface area contributed by atoms with Crippen LogP contribution in [0.5, 0.6) is 0 Å². The lowest BCUT2D eigenvalue weighted by molar-refractivity contribution is 0.423. The molecule has 20 heavy (non-hydrogen) atoms. The maximum absolute atomic E-state index is 5.80. The van der Waals surface area contributed by atoms with E-state index in [1.165, 1.54) is 25.7 Å². The molecular weight excluding hydrogens is 272 g/mol. The lowest BCUT2D eigenvalue weighted by Crippen LogP contribution is -2.08. The van der Waals surface area contributed by atoms with Gasteiger partial charge in [-0.15, -0.1) is 5.10 Å². The molecule has 0 spiro atoms. The maximum Gasteiger partial charge on any atom is 0.214 e. The molecule has 2 heterocycles. The Labute approximate surface area is 122 Å². The maximum atomic E-state index is 5.80. The fraction of sp³-hybridized carbons (Fsp3) is 0.538. The summed E-state index contributed by atoms with van der Waals surface area (Å²) in [5.74, 6) is 0. The molecule has 0 saturated heterocycles. The molecule has 1 aliphatic carbocycles. The van der Waals surface area contributed by atoms with Crippen molar-refractivity contribution < 1.29 is 0 Å². The fourth-order valence-electron chi connectivity index (χ4n) is 2.46. The number of nitrogens with two attached hydrogens (primary N) is 1. The van der Waals surface area contributed by atoms with Crippen LogP contribution in [0, 0.1) is 0 Å². The second kappa shape index (κ2) is 5.88. The van der Waals surface area contributed by atoms with Gasteiger partial charge in [-0.1, -0.05) is 12.8 Å². The molecule has 1 atom stereocenters. The Balaban J connectivity index is 1.76. The van der Waals surface area contributed by atoms with Crippen LogP contribution in [0.15, 0.2) is 28.4 Å². The van der Waals surface area contributed by atoms with Crippen molar-refractivity contribution in [3.63, 3.8) is 0 Å².